The quantitative estimate of drug-likeness (QED) is 0.331. The highest BCUT2D eigenvalue weighted by molar-refractivity contribution is 7.90. The van der Waals surface area contributed by atoms with Crippen molar-refractivity contribution in [2.24, 2.45) is 0 Å². The van der Waals surface area contributed by atoms with Crippen LogP contribution in [0.2, 0.25) is 0 Å². The molecule has 0 heterocycles. The van der Waals surface area contributed by atoms with Crippen LogP contribution in [0.4, 0.5) is 0 Å². The standard InChI is InChI=1S/C2HO3S/c1-2-6(3,4)5/h(H,3,4,5). The van der Waals surface area contributed by atoms with Crippen LogP contribution in [0.5, 0.6) is 0 Å². The Morgan fingerprint density at radius 1 is 1.67 bits per heavy atom. The van der Waals surface area contributed by atoms with E-state index in [9.17, 15) is 8.42 Å². The van der Waals surface area contributed by atoms with E-state index in [-0.39, 0.29) is 0 Å². The van der Waals surface area contributed by atoms with Gasteiger partial charge in [0.25, 0.3) is 0 Å². The fourth-order valence-electron chi connectivity index (χ4n) is 0. The van der Waals surface area contributed by atoms with Crippen LogP contribution < -0.4 is 0 Å². The SMILES string of the molecule is [C]#CS(=O)(=O)O. The molecule has 6 heavy (non-hydrogen) atoms. The monoisotopic (exact) mass is 105 g/mol. The summed E-state index contributed by atoms with van der Waals surface area (Å²) in [6.45, 7) is 0. The minimum Gasteiger partial charge on any atom is -0.276 e. The minimum atomic E-state index is -4.25. The summed E-state index contributed by atoms with van der Waals surface area (Å²) in [6.07, 6.45) is 5.77. The van der Waals surface area contributed by atoms with Gasteiger partial charge in [-0.1, -0.05) is 0 Å². The topological polar surface area (TPSA) is 54.4 Å². The van der Waals surface area contributed by atoms with Crippen molar-refractivity contribution in [3.05, 3.63) is 6.42 Å². The highest BCUT2D eigenvalue weighted by Gasteiger charge is 1.89. The van der Waals surface area contributed by atoms with Crippen LogP contribution in [0.25, 0.3) is 0 Å². The van der Waals surface area contributed by atoms with Gasteiger partial charge >= 0.3 is 10.1 Å². The van der Waals surface area contributed by atoms with E-state index in [4.69, 9.17) is 11.0 Å². The fourth-order valence-corrected chi connectivity index (χ4v) is 0. The molecule has 0 bridgehead atoms. The molecule has 0 rings (SSSR count). The van der Waals surface area contributed by atoms with Crippen molar-refractivity contribution in [2.45, 2.75) is 0 Å². The molecule has 0 saturated carbocycles. The van der Waals surface area contributed by atoms with Crippen LogP contribution in [0.15, 0.2) is 0 Å². The van der Waals surface area contributed by atoms with Gasteiger partial charge in [0.2, 0.25) is 0 Å². The molecule has 3 nitrogen and oxygen atoms in total. The molecule has 0 amide bonds. The van der Waals surface area contributed by atoms with Crippen LogP contribution >= 0.6 is 0 Å². The van der Waals surface area contributed by atoms with E-state index in [0.717, 1.165) is 5.25 Å². The summed E-state index contributed by atoms with van der Waals surface area (Å²) in [5.41, 5.74) is 0. The third-order valence-electron chi connectivity index (χ3n) is 0.129. The first-order chi connectivity index (χ1) is 2.56. The van der Waals surface area contributed by atoms with Gasteiger partial charge in [0.15, 0.2) is 0 Å². The molecule has 0 aromatic carbocycles. The summed E-state index contributed by atoms with van der Waals surface area (Å²) < 4.78 is 26.0. The van der Waals surface area contributed by atoms with Crippen LogP contribution in [-0.2, 0) is 10.1 Å². The van der Waals surface area contributed by atoms with Crippen molar-refractivity contribution < 1.29 is 13.0 Å². The first kappa shape index (κ1) is 5.47. The second-order valence-corrected chi connectivity index (χ2v) is 1.73. The van der Waals surface area contributed by atoms with Crippen LogP contribution in [0, 0.1) is 11.7 Å². The number of rotatable bonds is 0. The number of hydrogen-bond acceptors (Lipinski definition) is 2. The van der Waals surface area contributed by atoms with E-state index in [1.54, 1.807) is 0 Å². The molecule has 0 saturated heterocycles. The summed E-state index contributed by atoms with van der Waals surface area (Å²) in [7, 11) is -4.25. The molecule has 0 aromatic heterocycles. The Labute approximate surface area is 35.7 Å². The molecular weight excluding hydrogens is 104 g/mol. The molecule has 33 valence electrons. The highest BCUT2D eigenvalue weighted by Crippen LogP contribution is 1.68. The van der Waals surface area contributed by atoms with Gasteiger partial charge in [0, 0.05) is 6.42 Å². The maximum absolute atomic E-state index is 9.26. The molecule has 1 N–H and O–H groups in total. The van der Waals surface area contributed by atoms with Crippen molar-refractivity contribution in [3.63, 3.8) is 0 Å². The van der Waals surface area contributed by atoms with E-state index in [1.807, 2.05) is 0 Å². The molecular formula is C2HO3S. The van der Waals surface area contributed by atoms with Gasteiger partial charge in [-0.15, -0.1) is 0 Å². The average Bonchev–Trinajstić information content (AvgIpc) is 1.35. The maximum Gasteiger partial charge on any atom is 0.336 e. The largest absolute Gasteiger partial charge is 0.336 e. The van der Waals surface area contributed by atoms with E-state index < -0.39 is 10.1 Å². The number of hydrogen-bond donors (Lipinski definition) is 1. The van der Waals surface area contributed by atoms with Crippen molar-refractivity contribution in [1.29, 1.82) is 0 Å². The molecule has 0 aliphatic rings. The summed E-state index contributed by atoms with van der Waals surface area (Å²) in [6, 6.07) is 0. The van der Waals surface area contributed by atoms with Crippen LogP contribution in [-0.4, -0.2) is 13.0 Å². The Balaban J connectivity index is 4.41. The van der Waals surface area contributed by atoms with Crippen LogP contribution in [0.3, 0.4) is 0 Å². The van der Waals surface area contributed by atoms with Gasteiger partial charge in [-0.25, -0.2) is 0 Å². The smallest absolute Gasteiger partial charge is 0.276 e. The zero-order chi connectivity index (χ0) is 5.21. The summed E-state index contributed by atoms with van der Waals surface area (Å²) >= 11 is 0. The first-order valence-corrected chi connectivity index (χ1v) is 2.41. The second-order valence-electron chi connectivity index (χ2n) is 0.577. The molecule has 0 aromatic rings. The molecule has 1 radical (unpaired) electrons. The van der Waals surface area contributed by atoms with E-state index in [0.29, 0.717) is 0 Å². The first-order valence-electron chi connectivity index (χ1n) is 0.970. The third kappa shape index (κ3) is 3.47. The normalized spacial score (nSPS) is 10.0. The molecule has 0 aliphatic carbocycles. The van der Waals surface area contributed by atoms with Gasteiger partial charge in [0.05, 0.1) is 5.25 Å². The minimum absolute atomic E-state index is 0.882. The Morgan fingerprint density at radius 2 is 1.83 bits per heavy atom. The van der Waals surface area contributed by atoms with Crippen molar-refractivity contribution in [1.82, 2.24) is 0 Å². The molecule has 4 heteroatoms. The van der Waals surface area contributed by atoms with Crippen LogP contribution in [0.1, 0.15) is 0 Å². The lowest BCUT2D eigenvalue weighted by molar-refractivity contribution is 0.496. The Morgan fingerprint density at radius 3 is 1.83 bits per heavy atom. The Bertz CT molecular complexity index is 158. The lowest BCUT2D eigenvalue weighted by Crippen LogP contribution is -1.87. The molecule has 0 spiro atoms. The van der Waals surface area contributed by atoms with Gasteiger partial charge in [-0.05, 0) is 0 Å². The van der Waals surface area contributed by atoms with E-state index in [1.165, 1.54) is 0 Å². The predicted octanol–water partition coefficient (Wildman–Crippen LogP) is -0.579. The molecule has 0 fully saturated rings. The second kappa shape index (κ2) is 1.29. The van der Waals surface area contributed by atoms with Gasteiger partial charge in [-0.3, -0.25) is 4.55 Å². The summed E-state index contributed by atoms with van der Waals surface area (Å²) in [5.74, 6) is 0. The predicted molar refractivity (Wildman–Crippen MR) is 18.7 cm³/mol. The van der Waals surface area contributed by atoms with Gasteiger partial charge in [-0.2, -0.15) is 8.42 Å². The Hall–Kier alpha value is -0.530. The zero-order valence-corrected chi connectivity index (χ0v) is 3.49. The fraction of sp³-hybridized carbons (Fsp3) is 0. The lowest BCUT2D eigenvalue weighted by atomic mass is 11.4. The summed E-state index contributed by atoms with van der Waals surface area (Å²) in [4.78, 5) is 0. The van der Waals surface area contributed by atoms with Crippen molar-refractivity contribution in [3.8, 4) is 5.25 Å². The highest BCUT2D eigenvalue weighted by atomic mass is 32.2. The Kier molecular flexibility index (Phi) is 1.17. The van der Waals surface area contributed by atoms with Gasteiger partial charge < -0.3 is 0 Å². The van der Waals surface area contributed by atoms with Gasteiger partial charge in [0.1, 0.15) is 0 Å². The van der Waals surface area contributed by atoms with E-state index in [2.05, 4.69) is 0 Å². The molecule has 0 unspecified atom stereocenters. The molecule has 0 atom stereocenters. The zero-order valence-electron chi connectivity index (χ0n) is 2.67. The van der Waals surface area contributed by atoms with E-state index >= 15 is 0 Å². The van der Waals surface area contributed by atoms with Crippen molar-refractivity contribution in [2.75, 3.05) is 0 Å². The van der Waals surface area contributed by atoms with Crippen molar-refractivity contribution >= 4 is 10.1 Å². The lowest BCUT2D eigenvalue weighted by Gasteiger charge is -1.68. The summed E-state index contributed by atoms with van der Waals surface area (Å²) in [5, 5.41) is 0.882. The third-order valence-corrected chi connectivity index (χ3v) is 0.387. The average molecular weight is 105 g/mol. The molecule has 0 aliphatic heterocycles. The maximum atomic E-state index is 9.26.